The number of rotatable bonds is 6. The van der Waals surface area contributed by atoms with Crippen LogP contribution in [0, 0.1) is 5.92 Å². The summed E-state index contributed by atoms with van der Waals surface area (Å²) in [6.45, 7) is 2.93. The Morgan fingerprint density at radius 3 is 2.61 bits per heavy atom. The maximum absolute atomic E-state index is 12.2. The second kappa shape index (κ2) is 6.37. The molecule has 0 bridgehead atoms. The van der Waals surface area contributed by atoms with Crippen molar-refractivity contribution >= 4 is 21.8 Å². The lowest BCUT2D eigenvalue weighted by molar-refractivity contribution is -0.133. The van der Waals surface area contributed by atoms with Gasteiger partial charge in [-0.25, -0.2) is 0 Å². The van der Waals surface area contributed by atoms with Crippen LogP contribution in [-0.4, -0.2) is 22.2 Å². The molecule has 18 heavy (non-hydrogen) atoms. The fourth-order valence-electron chi connectivity index (χ4n) is 2.30. The van der Waals surface area contributed by atoms with Crippen molar-refractivity contribution in [2.75, 3.05) is 5.33 Å². The SMILES string of the molecule is CC(C1CC1)N(Cc1ccccc1)C(=O)CCBr. The molecule has 1 unspecified atom stereocenters. The van der Waals surface area contributed by atoms with Crippen LogP contribution in [0.25, 0.3) is 0 Å². The summed E-state index contributed by atoms with van der Waals surface area (Å²) in [5.74, 6) is 0.975. The highest BCUT2D eigenvalue weighted by Crippen LogP contribution is 2.35. The Labute approximate surface area is 117 Å². The van der Waals surface area contributed by atoms with Gasteiger partial charge in [0.1, 0.15) is 0 Å². The number of halogens is 1. The van der Waals surface area contributed by atoms with Gasteiger partial charge in [-0.3, -0.25) is 4.79 Å². The number of benzene rings is 1. The zero-order chi connectivity index (χ0) is 13.0. The van der Waals surface area contributed by atoms with Crippen LogP contribution < -0.4 is 0 Å². The van der Waals surface area contributed by atoms with Crippen molar-refractivity contribution in [3.63, 3.8) is 0 Å². The van der Waals surface area contributed by atoms with Gasteiger partial charge in [-0.2, -0.15) is 0 Å². The molecule has 1 aliphatic rings. The summed E-state index contributed by atoms with van der Waals surface area (Å²) < 4.78 is 0. The van der Waals surface area contributed by atoms with Crippen LogP contribution in [0.3, 0.4) is 0 Å². The lowest BCUT2D eigenvalue weighted by Gasteiger charge is -2.29. The number of carbonyl (C=O) groups is 1. The van der Waals surface area contributed by atoms with Gasteiger partial charge in [0, 0.05) is 24.3 Å². The van der Waals surface area contributed by atoms with Gasteiger partial charge in [-0.05, 0) is 31.2 Å². The Morgan fingerprint density at radius 2 is 2.06 bits per heavy atom. The van der Waals surface area contributed by atoms with Gasteiger partial charge in [0.25, 0.3) is 0 Å². The third-order valence-corrected chi connectivity index (χ3v) is 4.02. The van der Waals surface area contributed by atoms with Gasteiger partial charge in [0.15, 0.2) is 0 Å². The molecule has 0 saturated heterocycles. The third-order valence-electron chi connectivity index (χ3n) is 3.62. The minimum absolute atomic E-state index is 0.259. The highest BCUT2D eigenvalue weighted by molar-refractivity contribution is 9.09. The summed E-state index contributed by atoms with van der Waals surface area (Å²) in [4.78, 5) is 14.3. The second-order valence-electron chi connectivity index (χ2n) is 5.02. The zero-order valence-corrected chi connectivity index (χ0v) is 12.4. The molecule has 2 rings (SSSR count). The van der Waals surface area contributed by atoms with Crippen molar-refractivity contribution in [1.82, 2.24) is 4.90 Å². The monoisotopic (exact) mass is 309 g/mol. The lowest BCUT2D eigenvalue weighted by Crippen LogP contribution is -2.39. The molecule has 1 saturated carbocycles. The van der Waals surface area contributed by atoms with Crippen LogP contribution in [0.5, 0.6) is 0 Å². The second-order valence-corrected chi connectivity index (χ2v) is 5.82. The zero-order valence-electron chi connectivity index (χ0n) is 10.8. The maximum atomic E-state index is 12.2. The summed E-state index contributed by atoms with van der Waals surface area (Å²) in [6.07, 6.45) is 3.13. The predicted octanol–water partition coefficient (Wildman–Crippen LogP) is 3.60. The molecule has 0 radical (unpaired) electrons. The molecule has 0 spiro atoms. The molecule has 0 aliphatic heterocycles. The van der Waals surface area contributed by atoms with E-state index in [-0.39, 0.29) is 5.91 Å². The quantitative estimate of drug-likeness (QED) is 0.735. The molecule has 3 heteroatoms. The van der Waals surface area contributed by atoms with E-state index < -0.39 is 0 Å². The van der Waals surface area contributed by atoms with Crippen molar-refractivity contribution in [3.05, 3.63) is 35.9 Å². The van der Waals surface area contributed by atoms with Crippen molar-refractivity contribution < 1.29 is 4.79 Å². The van der Waals surface area contributed by atoms with Crippen LogP contribution in [0.4, 0.5) is 0 Å². The van der Waals surface area contributed by atoms with Gasteiger partial charge < -0.3 is 4.90 Å². The Kier molecular flexibility index (Phi) is 4.81. The molecule has 1 fully saturated rings. The first-order chi connectivity index (χ1) is 8.72. The lowest BCUT2D eigenvalue weighted by atomic mass is 10.1. The Balaban J connectivity index is 2.06. The molecular formula is C15H20BrNO. The predicted molar refractivity (Wildman–Crippen MR) is 77.6 cm³/mol. The number of nitrogens with zero attached hydrogens (tertiary/aromatic N) is 1. The van der Waals surface area contributed by atoms with Gasteiger partial charge in [-0.15, -0.1) is 0 Å². The summed E-state index contributed by atoms with van der Waals surface area (Å²) >= 11 is 3.36. The average Bonchev–Trinajstić information content (AvgIpc) is 3.21. The molecule has 1 atom stereocenters. The van der Waals surface area contributed by atoms with E-state index in [1.165, 1.54) is 18.4 Å². The summed E-state index contributed by atoms with van der Waals surface area (Å²) in [7, 11) is 0. The Morgan fingerprint density at radius 1 is 1.39 bits per heavy atom. The largest absolute Gasteiger partial charge is 0.335 e. The van der Waals surface area contributed by atoms with Gasteiger partial charge in [0.05, 0.1) is 0 Å². The van der Waals surface area contributed by atoms with E-state index in [1.54, 1.807) is 0 Å². The Bertz CT molecular complexity index is 389. The van der Waals surface area contributed by atoms with E-state index in [9.17, 15) is 4.79 Å². The molecule has 1 aromatic rings. The van der Waals surface area contributed by atoms with E-state index in [0.717, 1.165) is 11.9 Å². The summed E-state index contributed by atoms with van der Waals surface area (Å²) in [5, 5.41) is 0.745. The van der Waals surface area contributed by atoms with Crippen molar-refractivity contribution in [3.8, 4) is 0 Å². The van der Waals surface area contributed by atoms with Gasteiger partial charge in [0.2, 0.25) is 5.91 Å². The van der Waals surface area contributed by atoms with Crippen LogP contribution in [0.15, 0.2) is 30.3 Å². The number of alkyl halides is 1. The highest BCUT2D eigenvalue weighted by Gasteiger charge is 2.33. The summed E-state index contributed by atoms with van der Waals surface area (Å²) in [6, 6.07) is 10.6. The fourth-order valence-corrected chi connectivity index (χ4v) is 2.64. The molecule has 0 aromatic heterocycles. The van der Waals surface area contributed by atoms with Crippen LogP contribution in [0.2, 0.25) is 0 Å². The first-order valence-electron chi connectivity index (χ1n) is 6.61. The standard InChI is InChI=1S/C15H20BrNO/c1-12(14-7-8-14)17(15(18)9-10-16)11-13-5-3-2-4-6-13/h2-6,12,14H,7-11H2,1H3. The van der Waals surface area contributed by atoms with E-state index in [4.69, 9.17) is 0 Å². The van der Waals surface area contributed by atoms with Crippen molar-refractivity contribution in [2.45, 2.75) is 38.8 Å². The van der Waals surface area contributed by atoms with E-state index in [0.29, 0.717) is 18.4 Å². The average molecular weight is 310 g/mol. The number of hydrogen-bond donors (Lipinski definition) is 0. The van der Waals surface area contributed by atoms with E-state index >= 15 is 0 Å². The Hall–Kier alpha value is -0.830. The van der Waals surface area contributed by atoms with Crippen molar-refractivity contribution in [2.24, 2.45) is 5.92 Å². The van der Waals surface area contributed by atoms with Crippen LogP contribution >= 0.6 is 15.9 Å². The molecular weight excluding hydrogens is 290 g/mol. The fraction of sp³-hybridized carbons (Fsp3) is 0.533. The van der Waals surface area contributed by atoms with E-state index in [2.05, 4.69) is 35.0 Å². The van der Waals surface area contributed by atoms with Gasteiger partial charge >= 0.3 is 0 Å². The van der Waals surface area contributed by atoms with Crippen molar-refractivity contribution in [1.29, 1.82) is 0 Å². The normalized spacial score (nSPS) is 16.3. The summed E-state index contributed by atoms with van der Waals surface area (Å²) in [5.41, 5.74) is 1.22. The molecule has 2 nitrogen and oxygen atoms in total. The minimum Gasteiger partial charge on any atom is -0.335 e. The first-order valence-corrected chi connectivity index (χ1v) is 7.74. The first kappa shape index (κ1) is 13.6. The molecule has 1 amide bonds. The van der Waals surface area contributed by atoms with E-state index in [1.807, 2.05) is 23.1 Å². The van der Waals surface area contributed by atoms with Gasteiger partial charge in [-0.1, -0.05) is 46.3 Å². The highest BCUT2D eigenvalue weighted by atomic mass is 79.9. The minimum atomic E-state index is 0.259. The number of amides is 1. The third kappa shape index (κ3) is 3.58. The van der Waals surface area contributed by atoms with Crippen LogP contribution in [0.1, 0.15) is 31.7 Å². The number of carbonyl (C=O) groups excluding carboxylic acids is 1. The molecule has 1 aliphatic carbocycles. The van der Waals surface area contributed by atoms with Crippen LogP contribution in [-0.2, 0) is 11.3 Å². The molecule has 0 N–H and O–H groups in total. The molecule has 0 heterocycles. The maximum Gasteiger partial charge on any atom is 0.223 e. The molecule has 1 aromatic carbocycles. The topological polar surface area (TPSA) is 20.3 Å². The smallest absolute Gasteiger partial charge is 0.223 e. The molecule has 98 valence electrons. The number of hydrogen-bond acceptors (Lipinski definition) is 1.